The highest BCUT2D eigenvalue weighted by molar-refractivity contribution is 7.23. The van der Waals surface area contributed by atoms with Gasteiger partial charge in [0.2, 0.25) is 0 Å². The van der Waals surface area contributed by atoms with Crippen LogP contribution in [0, 0.1) is 12.7 Å². The molecule has 0 bridgehead atoms. The molecule has 0 spiro atoms. The van der Waals surface area contributed by atoms with Crippen LogP contribution in [0.1, 0.15) is 21.5 Å². The van der Waals surface area contributed by atoms with E-state index in [-0.39, 0.29) is 23.2 Å². The predicted molar refractivity (Wildman–Crippen MR) is 127 cm³/mol. The number of pyridine rings is 1. The van der Waals surface area contributed by atoms with Crippen LogP contribution in [0.25, 0.3) is 15.9 Å². The van der Waals surface area contributed by atoms with E-state index in [0.717, 1.165) is 23.8 Å². The molecule has 0 radical (unpaired) electrons. The molecule has 162 valence electrons. The lowest BCUT2D eigenvalue weighted by molar-refractivity contribution is 0.104. The predicted octanol–water partition coefficient (Wildman–Crippen LogP) is 4.46. The van der Waals surface area contributed by atoms with Gasteiger partial charge >= 0.3 is 0 Å². The zero-order valence-electron chi connectivity index (χ0n) is 17.8. The molecule has 1 aliphatic heterocycles. The average molecular weight is 448 g/mol. The topological polar surface area (TPSA) is 54.3 Å². The molecule has 1 aliphatic rings. The van der Waals surface area contributed by atoms with E-state index in [0.29, 0.717) is 26.9 Å². The van der Waals surface area contributed by atoms with Gasteiger partial charge in [0, 0.05) is 30.1 Å². The number of carbonyl (C=O) groups is 1. The van der Waals surface area contributed by atoms with E-state index in [4.69, 9.17) is 0 Å². The lowest BCUT2D eigenvalue weighted by Crippen LogP contribution is -2.52. The first-order valence-corrected chi connectivity index (χ1v) is 11.2. The van der Waals surface area contributed by atoms with E-state index in [1.807, 2.05) is 37.4 Å². The van der Waals surface area contributed by atoms with Crippen LogP contribution in [0.2, 0.25) is 0 Å². The van der Waals surface area contributed by atoms with E-state index in [9.17, 15) is 14.0 Å². The Morgan fingerprint density at radius 2 is 1.84 bits per heavy atom. The third-order valence-electron chi connectivity index (χ3n) is 5.80. The van der Waals surface area contributed by atoms with Gasteiger partial charge in [0.05, 0.1) is 17.3 Å². The van der Waals surface area contributed by atoms with Crippen LogP contribution in [-0.2, 0) is 0 Å². The monoisotopic (exact) mass is 447 g/mol. The Labute approximate surface area is 188 Å². The Morgan fingerprint density at radius 1 is 1.09 bits per heavy atom. The van der Waals surface area contributed by atoms with Crippen LogP contribution in [-0.4, -0.2) is 41.4 Å². The molecule has 0 saturated carbocycles. The number of fused-ring (bicyclic) bond motifs is 1. The van der Waals surface area contributed by atoms with Gasteiger partial charge < -0.3 is 10.2 Å². The van der Waals surface area contributed by atoms with Crippen LogP contribution in [0.15, 0.2) is 65.5 Å². The second-order valence-electron chi connectivity index (χ2n) is 8.22. The number of likely N-dealkylation sites (tertiary alicyclic amines) is 1. The van der Waals surface area contributed by atoms with Crippen molar-refractivity contribution in [2.45, 2.75) is 13.0 Å². The summed E-state index contributed by atoms with van der Waals surface area (Å²) in [5.41, 5.74) is 1.96. The fourth-order valence-corrected chi connectivity index (χ4v) is 5.43. The third kappa shape index (κ3) is 3.53. The minimum atomic E-state index is -0.342. The Hall–Kier alpha value is -3.29. The Bertz CT molecular complexity index is 1390. The van der Waals surface area contributed by atoms with Gasteiger partial charge in [-0.2, -0.15) is 0 Å². The van der Waals surface area contributed by atoms with E-state index in [2.05, 4.69) is 10.2 Å². The van der Waals surface area contributed by atoms with Crippen LogP contribution in [0.5, 0.6) is 0 Å². The van der Waals surface area contributed by atoms with Gasteiger partial charge in [-0.15, -0.1) is 0 Å². The molecule has 1 fully saturated rings. The maximum atomic E-state index is 13.8. The number of para-hydroxylation sites is 1. The molecular weight excluding hydrogens is 425 g/mol. The number of hydrogen-bond donors (Lipinski definition) is 1. The van der Waals surface area contributed by atoms with Gasteiger partial charge in [-0.05, 0) is 55.9 Å². The SMILES string of the molecule is Cc1cc(C(=O)c2c(NC3CN(C)C3)sc3c2ccc(=O)n3-c2ccccc2)ccc1F. The number of halogens is 1. The molecule has 1 saturated heterocycles. The van der Waals surface area contributed by atoms with Crippen molar-refractivity contribution in [3.05, 3.63) is 93.5 Å². The first-order valence-electron chi connectivity index (χ1n) is 10.4. The molecule has 7 heteroatoms. The fraction of sp³-hybridized carbons (Fsp3) is 0.200. The first kappa shape index (κ1) is 20.6. The number of ketones is 1. The Morgan fingerprint density at radius 3 is 2.53 bits per heavy atom. The highest BCUT2D eigenvalue weighted by atomic mass is 32.1. The first-order chi connectivity index (χ1) is 15.4. The van der Waals surface area contributed by atoms with Crippen LogP contribution >= 0.6 is 11.3 Å². The van der Waals surface area contributed by atoms with Gasteiger partial charge in [-0.25, -0.2) is 4.39 Å². The minimum Gasteiger partial charge on any atom is -0.371 e. The second-order valence-corrected chi connectivity index (χ2v) is 9.22. The van der Waals surface area contributed by atoms with E-state index in [1.54, 1.807) is 23.6 Å². The molecule has 5 rings (SSSR count). The normalized spacial score (nSPS) is 14.5. The molecule has 3 heterocycles. The maximum Gasteiger partial charge on any atom is 0.256 e. The van der Waals surface area contributed by atoms with E-state index in [1.165, 1.54) is 29.5 Å². The van der Waals surface area contributed by atoms with Crippen molar-refractivity contribution in [1.82, 2.24) is 9.47 Å². The van der Waals surface area contributed by atoms with Crippen molar-refractivity contribution in [2.75, 3.05) is 25.5 Å². The van der Waals surface area contributed by atoms with Crippen molar-refractivity contribution in [3.63, 3.8) is 0 Å². The lowest BCUT2D eigenvalue weighted by atomic mass is 10.00. The number of rotatable bonds is 5. The van der Waals surface area contributed by atoms with Crippen molar-refractivity contribution < 1.29 is 9.18 Å². The standard InChI is InChI=1S/C25H22FN3O2S/c1-15-12-16(8-10-20(15)26)23(31)22-19-9-11-21(30)29(18-6-4-3-5-7-18)25(19)32-24(22)27-17-13-28(2)14-17/h3-12,17,27H,13-14H2,1-2H3. The smallest absolute Gasteiger partial charge is 0.256 e. The zero-order valence-corrected chi connectivity index (χ0v) is 18.6. The molecule has 0 aliphatic carbocycles. The van der Waals surface area contributed by atoms with E-state index >= 15 is 0 Å². The molecule has 4 aromatic rings. The Balaban J connectivity index is 1.71. The molecule has 0 amide bonds. The van der Waals surface area contributed by atoms with E-state index < -0.39 is 0 Å². The second kappa shape index (κ2) is 8.00. The number of carbonyl (C=O) groups excluding carboxylic acids is 1. The number of likely N-dealkylation sites (N-methyl/N-ethyl adjacent to an activating group) is 1. The van der Waals surface area contributed by atoms with Gasteiger partial charge in [-0.3, -0.25) is 14.2 Å². The molecule has 2 aromatic heterocycles. The van der Waals surface area contributed by atoms with Gasteiger partial charge in [-0.1, -0.05) is 29.5 Å². The summed E-state index contributed by atoms with van der Waals surface area (Å²) in [5, 5.41) is 4.95. The average Bonchev–Trinajstić information content (AvgIpc) is 3.12. The molecule has 0 unspecified atom stereocenters. The van der Waals surface area contributed by atoms with Crippen LogP contribution in [0.3, 0.4) is 0 Å². The molecular formula is C25H22FN3O2S. The number of anilines is 1. The van der Waals surface area contributed by atoms with Crippen molar-refractivity contribution in [2.24, 2.45) is 0 Å². The largest absolute Gasteiger partial charge is 0.371 e. The third-order valence-corrected chi connectivity index (χ3v) is 6.92. The van der Waals surface area contributed by atoms with Gasteiger partial charge in [0.25, 0.3) is 5.56 Å². The zero-order chi connectivity index (χ0) is 22.4. The highest BCUT2D eigenvalue weighted by Crippen LogP contribution is 2.38. The van der Waals surface area contributed by atoms with Crippen LogP contribution < -0.4 is 10.9 Å². The molecule has 0 atom stereocenters. The summed E-state index contributed by atoms with van der Waals surface area (Å²) in [6.07, 6.45) is 0. The summed E-state index contributed by atoms with van der Waals surface area (Å²) in [7, 11) is 2.05. The van der Waals surface area contributed by atoms with Crippen molar-refractivity contribution in [3.8, 4) is 5.69 Å². The van der Waals surface area contributed by atoms with Gasteiger partial charge in [0.15, 0.2) is 5.78 Å². The number of nitrogens with zero attached hydrogens (tertiary/aromatic N) is 2. The number of nitrogens with one attached hydrogen (secondary N) is 1. The minimum absolute atomic E-state index is 0.156. The number of hydrogen-bond acceptors (Lipinski definition) is 5. The highest BCUT2D eigenvalue weighted by Gasteiger charge is 2.28. The Kier molecular flexibility index (Phi) is 5.15. The summed E-state index contributed by atoms with van der Waals surface area (Å²) in [5.74, 6) is -0.529. The molecule has 32 heavy (non-hydrogen) atoms. The van der Waals surface area contributed by atoms with Crippen molar-refractivity contribution in [1.29, 1.82) is 0 Å². The summed E-state index contributed by atoms with van der Waals surface area (Å²) >= 11 is 1.41. The van der Waals surface area contributed by atoms with Crippen molar-refractivity contribution >= 4 is 32.3 Å². The number of aryl methyl sites for hydroxylation is 1. The molecule has 5 nitrogen and oxygen atoms in total. The number of aromatic nitrogens is 1. The fourth-order valence-electron chi connectivity index (χ4n) is 4.14. The maximum absolute atomic E-state index is 13.8. The van der Waals surface area contributed by atoms with Gasteiger partial charge in [0.1, 0.15) is 15.6 Å². The summed E-state index contributed by atoms with van der Waals surface area (Å²) < 4.78 is 15.5. The lowest BCUT2D eigenvalue weighted by Gasteiger charge is -2.37. The number of benzene rings is 2. The molecule has 2 aromatic carbocycles. The summed E-state index contributed by atoms with van der Waals surface area (Å²) in [6, 6.07) is 17.3. The van der Waals surface area contributed by atoms with Crippen LogP contribution in [0.4, 0.5) is 9.39 Å². The number of thiophene rings is 1. The molecule has 1 N–H and O–H groups in total. The summed E-state index contributed by atoms with van der Waals surface area (Å²) in [6.45, 7) is 3.40. The summed E-state index contributed by atoms with van der Waals surface area (Å²) in [4.78, 5) is 29.4. The quantitative estimate of drug-likeness (QED) is 0.459.